The van der Waals surface area contributed by atoms with Gasteiger partial charge in [-0.15, -0.1) is 11.3 Å². The number of nitrogens with one attached hydrogen (secondary N) is 1. The predicted octanol–water partition coefficient (Wildman–Crippen LogP) is 3.80. The summed E-state index contributed by atoms with van der Waals surface area (Å²) in [5.74, 6) is 1.000. The fraction of sp³-hybridized carbons (Fsp3) is 0.294. The summed E-state index contributed by atoms with van der Waals surface area (Å²) in [6, 6.07) is 8.93. The smallest absolute Gasteiger partial charge is 0.110 e. The number of benzene rings is 1. The van der Waals surface area contributed by atoms with Gasteiger partial charge in [0.25, 0.3) is 0 Å². The molecule has 114 valence electrons. The maximum Gasteiger partial charge on any atom is 0.110 e. The third-order valence-corrected chi connectivity index (χ3v) is 4.85. The van der Waals surface area contributed by atoms with Gasteiger partial charge >= 0.3 is 0 Å². The molecule has 0 aliphatic carbocycles. The van der Waals surface area contributed by atoms with Crippen LogP contribution in [0.3, 0.4) is 0 Å². The molecule has 22 heavy (non-hydrogen) atoms. The van der Waals surface area contributed by atoms with Gasteiger partial charge in [-0.2, -0.15) is 0 Å². The molecule has 0 unspecified atom stereocenters. The Morgan fingerprint density at radius 3 is 2.55 bits per heavy atom. The van der Waals surface area contributed by atoms with E-state index in [1.54, 1.807) is 11.3 Å². The third kappa shape index (κ3) is 3.10. The highest BCUT2D eigenvalue weighted by Crippen LogP contribution is 2.18. The second-order valence-corrected chi connectivity index (χ2v) is 6.34. The molecule has 0 radical (unpaired) electrons. The molecule has 0 bridgehead atoms. The molecule has 0 saturated heterocycles. The summed E-state index contributed by atoms with van der Waals surface area (Å²) in [5.41, 5.74) is 5.45. The Hall–Kier alpha value is -1.98. The molecule has 2 aromatic heterocycles. The van der Waals surface area contributed by atoms with Crippen molar-refractivity contribution in [1.29, 1.82) is 0 Å². The van der Waals surface area contributed by atoms with Crippen molar-refractivity contribution in [2.45, 2.75) is 33.4 Å². The van der Waals surface area contributed by atoms with Crippen molar-refractivity contribution in [3.63, 3.8) is 0 Å². The van der Waals surface area contributed by atoms with Crippen LogP contribution in [0.5, 0.6) is 0 Å². The Morgan fingerprint density at radius 2 is 1.95 bits per heavy atom. The molecule has 0 amide bonds. The fourth-order valence-electron chi connectivity index (χ4n) is 2.43. The van der Waals surface area contributed by atoms with Crippen molar-refractivity contribution in [2.24, 2.45) is 0 Å². The molecule has 2 heterocycles. The van der Waals surface area contributed by atoms with Crippen LogP contribution in [0, 0.1) is 13.8 Å². The highest BCUT2D eigenvalue weighted by atomic mass is 32.1. The molecule has 0 aliphatic rings. The minimum Gasteiger partial charge on any atom is -0.305 e. The molecule has 5 heteroatoms. The van der Waals surface area contributed by atoms with Crippen LogP contribution in [0.1, 0.15) is 34.9 Å². The highest BCUT2D eigenvalue weighted by molar-refractivity contribution is 7.09. The van der Waals surface area contributed by atoms with E-state index < -0.39 is 0 Å². The first kappa shape index (κ1) is 14.9. The second-order valence-electron chi connectivity index (χ2n) is 5.40. The van der Waals surface area contributed by atoms with E-state index in [0.717, 1.165) is 23.8 Å². The lowest BCUT2D eigenvalue weighted by molar-refractivity contribution is 0.577. The molecule has 0 fully saturated rings. The van der Waals surface area contributed by atoms with Crippen molar-refractivity contribution < 1.29 is 0 Å². The summed E-state index contributed by atoms with van der Waals surface area (Å²) in [4.78, 5) is 9.85. The summed E-state index contributed by atoms with van der Waals surface area (Å²) in [6.07, 6.45) is 3.81. The first-order valence-electron chi connectivity index (χ1n) is 7.38. The van der Waals surface area contributed by atoms with Crippen LogP contribution in [0.2, 0.25) is 0 Å². The molecule has 1 atom stereocenters. The average molecular weight is 312 g/mol. The Balaban J connectivity index is 1.67. The zero-order valence-electron chi connectivity index (χ0n) is 13.1. The molecule has 3 rings (SSSR count). The molecule has 3 aromatic rings. The molecule has 1 aromatic carbocycles. The van der Waals surface area contributed by atoms with Crippen LogP contribution in [0.25, 0.3) is 5.69 Å². The van der Waals surface area contributed by atoms with E-state index >= 15 is 0 Å². The summed E-state index contributed by atoms with van der Waals surface area (Å²) >= 11 is 1.71. The number of aryl methyl sites for hydroxylation is 2. The van der Waals surface area contributed by atoms with Crippen molar-refractivity contribution in [2.75, 3.05) is 0 Å². The Bertz CT molecular complexity index is 742. The molecule has 4 nitrogen and oxygen atoms in total. The first-order valence-corrected chi connectivity index (χ1v) is 8.26. The summed E-state index contributed by atoms with van der Waals surface area (Å²) < 4.78 is 2.09. The van der Waals surface area contributed by atoms with Crippen molar-refractivity contribution in [3.8, 4) is 5.69 Å². The molecular weight excluding hydrogens is 292 g/mol. The van der Waals surface area contributed by atoms with Crippen LogP contribution in [-0.2, 0) is 6.54 Å². The van der Waals surface area contributed by atoms with Crippen LogP contribution in [-0.4, -0.2) is 14.5 Å². The van der Waals surface area contributed by atoms with Gasteiger partial charge in [-0.1, -0.05) is 12.1 Å². The average Bonchev–Trinajstić information content (AvgIpc) is 3.13. The largest absolute Gasteiger partial charge is 0.305 e. The van der Waals surface area contributed by atoms with Gasteiger partial charge in [0.05, 0.1) is 11.2 Å². The van der Waals surface area contributed by atoms with Crippen LogP contribution < -0.4 is 5.32 Å². The van der Waals surface area contributed by atoms with Gasteiger partial charge in [0, 0.05) is 35.5 Å². The van der Waals surface area contributed by atoms with E-state index in [0.29, 0.717) is 6.04 Å². The minimum absolute atomic E-state index is 0.305. The quantitative estimate of drug-likeness (QED) is 0.779. The van der Waals surface area contributed by atoms with Gasteiger partial charge in [0.2, 0.25) is 0 Å². The van der Waals surface area contributed by atoms with Gasteiger partial charge in [0.1, 0.15) is 5.82 Å². The van der Waals surface area contributed by atoms with Crippen molar-refractivity contribution in [3.05, 3.63) is 64.1 Å². The Morgan fingerprint density at radius 1 is 1.18 bits per heavy atom. The first-order chi connectivity index (χ1) is 10.6. The molecule has 0 spiro atoms. The maximum atomic E-state index is 4.29. The minimum atomic E-state index is 0.305. The Labute approximate surface area is 134 Å². The molecule has 1 N–H and O–H groups in total. The zero-order valence-corrected chi connectivity index (χ0v) is 13.9. The van der Waals surface area contributed by atoms with Crippen LogP contribution >= 0.6 is 11.3 Å². The van der Waals surface area contributed by atoms with E-state index in [1.165, 1.54) is 10.4 Å². The van der Waals surface area contributed by atoms with Gasteiger partial charge < -0.3 is 9.88 Å². The van der Waals surface area contributed by atoms with Crippen LogP contribution in [0.15, 0.2) is 42.2 Å². The van der Waals surface area contributed by atoms with E-state index in [9.17, 15) is 0 Å². The molecule has 0 aliphatic heterocycles. The number of rotatable bonds is 5. The monoisotopic (exact) mass is 312 g/mol. The number of imidazole rings is 1. The van der Waals surface area contributed by atoms with Gasteiger partial charge in [-0.3, -0.25) is 0 Å². The van der Waals surface area contributed by atoms with Crippen molar-refractivity contribution >= 4 is 11.3 Å². The van der Waals surface area contributed by atoms with E-state index in [2.05, 4.69) is 58.0 Å². The number of thiazole rings is 1. The highest BCUT2D eigenvalue weighted by Gasteiger charge is 2.08. The summed E-state index contributed by atoms with van der Waals surface area (Å²) in [7, 11) is 0. The third-order valence-electron chi connectivity index (χ3n) is 3.91. The number of aromatic nitrogens is 3. The normalized spacial score (nSPS) is 12.5. The second kappa shape index (κ2) is 6.42. The number of nitrogens with zero attached hydrogens (tertiary/aromatic N) is 3. The van der Waals surface area contributed by atoms with Gasteiger partial charge in [-0.25, -0.2) is 9.97 Å². The molecule has 0 saturated carbocycles. The summed E-state index contributed by atoms with van der Waals surface area (Å²) in [5, 5.41) is 3.56. The lowest BCUT2D eigenvalue weighted by Gasteiger charge is -2.15. The fourth-order valence-corrected chi connectivity index (χ4v) is 3.16. The van der Waals surface area contributed by atoms with E-state index in [-0.39, 0.29) is 0 Å². The number of hydrogen-bond acceptors (Lipinski definition) is 4. The van der Waals surface area contributed by atoms with E-state index in [4.69, 9.17) is 0 Å². The topological polar surface area (TPSA) is 42.7 Å². The van der Waals surface area contributed by atoms with Crippen molar-refractivity contribution in [1.82, 2.24) is 19.9 Å². The molecular formula is C17H20N4S. The zero-order chi connectivity index (χ0) is 15.5. The van der Waals surface area contributed by atoms with Gasteiger partial charge in [-0.05, 0) is 38.5 Å². The standard InChI is InChI=1S/C17H20N4S/c1-12(19-10-17-13(2)20-11-22-17)15-4-6-16(7-5-15)21-9-8-18-14(21)3/h4-9,11-12,19H,10H2,1-3H3/t12-/m0/s1. The number of hydrogen-bond donors (Lipinski definition) is 1. The SMILES string of the molecule is Cc1ncsc1CN[C@@H](C)c1ccc(-n2ccnc2C)cc1. The Kier molecular flexibility index (Phi) is 4.36. The predicted molar refractivity (Wildman–Crippen MR) is 90.4 cm³/mol. The van der Waals surface area contributed by atoms with Gasteiger partial charge in [0.15, 0.2) is 0 Å². The van der Waals surface area contributed by atoms with E-state index in [1.807, 2.05) is 24.8 Å². The maximum absolute atomic E-state index is 4.29. The summed E-state index contributed by atoms with van der Waals surface area (Å²) in [6.45, 7) is 7.11. The van der Waals surface area contributed by atoms with Crippen LogP contribution in [0.4, 0.5) is 0 Å². The lowest BCUT2D eigenvalue weighted by Crippen LogP contribution is -2.18. The lowest BCUT2D eigenvalue weighted by atomic mass is 10.1.